The molecule has 0 fully saturated rings. The number of aromatic amines is 1. The molecular formula is C13H12F2N4O3. The Labute approximate surface area is 123 Å². The molecule has 0 radical (unpaired) electrons. The second-order valence-electron chi connectivity index (χ2n) is 4.30. The molecule has 0 bridgehead atoms. The smallest absolute Gasteiger partial charge is 0.387 e. The van der Waals surface area contributed by atoms with Gasteiger partial charge in [-0.05, 0) is 25.1 Å². The fraction of sp³-hybridized carbons (Fsp3) is 0.154. The number of H-pyrrole nitrogens is 1. The van der Waals surface area contributed by atoms with Crippen LogP contribution in [0.5, 0.6) is 5.75 Å². The number of hydrogen-bond donors (Lipinski definition) is 3. The Morgan fingerprint density at radius 1 is 1.41 bits per heavy atom. The maximum absolute atomic E-state index is 12.2. The fourth-order valence-electron chi connectivity index (χ4n) is 1.76. The summed E-state index contributed by atoms with van der Waals surface area (Å²) in [6.07, 6.45) is 0. The summed E-state index contributed by atoms with van der Waals surface area (Å²) in [5.41, 5.74) is 5.67. The second kappa shape index (κ2) is 6.20. The zero-order chi connectivity index (χ0) is 16.3. The maximum atomic E-state index is 12.2. The van der Waals surface area contributed by atoms with E-state index in [1.807, 2.05) is 0 Å². The number of rotatable bonds is 5. The van der Waals surface area contributed by atoms with Crippen molar-refractivity contribution in [1.29, 1.82) is 0 Å². The Morgan fingerprint density at radius 3 is 2.77 bits per heavy atom. The lowest BCUT2D eigenvalue weighted by molar-refractivity contribution is -0.0498. The SMILES string of the molecule is Cc1[nH]nc(C(N)=O)c1NC(=O)c1cccc(OC(F)F)c1. The maximum Gasteiger partial charge on any atom is 0.387 e. The van der Waals surface area contributed by atoms with Crippen molar-refractivity contribution in [3.8, 4) is 5.75 Å². The molecule has 4 N–H and O–H groups in total. The Morgan fingerprint density at radius 2 is 2.14 bits per heavy atom. The average Bonchev–Trinajstić information content (AvgIpc) is 2.80. The van der Waals surface area contributed by atoms with Crippen LogP contribution in [0.2, 0.25) is 0 Å². The molecule has 0 saturated carbocycles. The molecule has 1 aromatic heterocycles. The predicted molar refractivity (Wildman–Crippen MR) is 72.9 cm³/mol. The highest BCUT2D eigenvalue weighted by molar-refractivity contribution is 6.08. The van der Waals surface area contributed by atoms with Crippen molar-refractivity contribution in [1.82, 2.24) is 10.2 Å². The lowest BCUT2D eigenvalue weighted by atomic mass is 10.2. The largest absolute Gasteiger partial charge is 0.435 e. The van der Waals surface area contributed by atoms with Gasteiger partial charge in [0.05, 0.1) is 11.4 Å². The van der Waals surface area contributed by atoms with E-state index >= 15 is 0 Å². The molecule has 0 aliphatic rings. The molecule has 0 aliphatic heterocycles. The molecule has 0 unspecified atom stereocenters. The molecule has 1 heterocycles. The van der Waals surface area contributed by atoms with Gasteiger partial charge in [-0.2, -0.15) is 13.9 Å². The number of amides is 2. The van der Waals surface area contributed by atoms with Crippen molar-refractivity contribution < 1.29 is 23.1 Å². The molecule has 7 nitrogen and oxygen atoms in total. The molecule has 0 aliphatic carbocycles. The van der Waals surface area contributed by atoms with Crippen LogP contribution in [0, 0.1) is 6.92 Å². The molecule has 9 heteroatoms. The molecule has 1 aromatic carbocycles. The van der Waals surface area contributed by atoms with Crippen LogP contribution in [-0.4, -0.2) is 28.6 Å². The third kappa shape index (κ3) is 3.37. The number of halogens is 2. The minimum atomic E-state index is -2.99. The number of ether oxygens (including phenoxy) is 1. The van der Waals surface area contributed by atoms with Gasteiger partial charge in [0.15, 0.2) is 5.69 Å². The molecule has 0 spiro atoms. The quantitative estimate of drug-likeness (QED) is 0.780. The number of anilines is 1. The number of hydrogen-bond acceptors (Lipinski definition) is 4. The summed E-state index contributed by atoms with van der Waals surface area (Å²) in [7, 11) is 0. The molecule has 2 amide bonds. The fourth-order valence-corrected chi connectivity index (χ4v) is 1.76. The van der Waals surface area contributed by atoms with E-state index in [0.29, 0.717) is 5.69 Å². The average molecular weight is 310 g/mol. The van der Waals surface area contributed by atoms with E-state index in [9.17, 15) is 18.4 Å². The van der Waals surface area contributed by atoms with Gasteiger partial charge < -0.3 is 15.8 Å². The van der Waals surface area contributed by atoms with Gasteiger partial charge in [0.25, 0.3) is 11.8 Å². The van der Waals surface area contributed by atoms with Crippen molar-refractivity contribution >= 4 is 17.5 Å². The number of nitrogens with one attached hydrogen (secondary N) is 2. The Balaban J connectivity index is 2.23. The number of alkyl halides is 2. The van der Waals surface area contributed by atoms with Crippen molar-refractivity contribution in [2.24, 2.45) is 5.73 Å². The summed E-state index contributed by atoms with van der Waals surface area (Å²) < 4.78 is 28.6. The molecule has 116 valence electrons. The van der Waals surface area contributed by atoms with E-state index < -0.39 is 18.4 Å². The van der Waals surface area contributed by atoms with Crippen LogP contribution in [0.25, 0.3) is 0 Å². The van der Waals surface area contributed by atoms with Gasteiger partial charge in [0.2, 0.25) is 0 Å². The lowest BCUT2D eigenvalue weighted by Gasteiger charge is -2.08. The van der Waals surface area contributed by atoms with Crippen LogP contribution in [-0.2, 0) is 0 Å². The third-order valence-electron chi connectivity index (χ3n) is 2.74. The molecule has 2 rings (SSSR count). The lowest BCUT2D eigenvalue weighted by Crippen LogP contribution is -2.18. The zero-order valence-electron chi connectivity index (χ0n) is 11.4. The Hall–Kier alpha value is -2.97. The standard InChI is InChI=1S/C13H12F2N4O3/c1-6-9(10(11(16)20)19-18-6)17-12(21)7-3-2-4-8(5-7)22-13(14)15/h2-5,13H,1H3,(H2,16,20)(H,17,21)(H,18,19). The van der Waals surface area contributed by atoms with Gasteiger partial charge in [-0.3, -0.25) is 14.7 Å². The number of nitrogens with zero attached hydrogens (tertiary/aromatic N) is 1. The van der Waals surface area contributed by atoms with E-state index in [4.69, 9.17) is 5.73 Å². The van der Waals surface area contributed by atoms with Crippen molar-refractivity contribution in [3.63, 3.8) is 0 Å². The van der Waals surface area contributed by atoms with Crippen molar-refractivity contribution in [2.75, 3.05) is 5.32 Å². The van der Waals surface area contributed by atoms with Gasteiger partial charge in [-0.15, -0.1) is 0 Å². The summed E-state index contributed by atoms with van der Waals surface area (Å²) in [5, 5.41) is 8.66. The van der Waals surface area contributed by atoms with Crippen LogP contribution < -0.4 is 15.8 Å². The summed E-state index contributed by atoms with van der Waals surface area (Å²) >= 11 is 0. The van der Waals surface area contributed by atoms with Crippen molar-refractivity contribution in [2.45, 2.75) is 13.5 Å². The zero-order valence-corrected chi connectivity index (χ0v) is 11.4. The molecule has 0 saturated heterocycles. The first-order valence-corrected chi connectivity index (χ1v) is 6.09. The number of carbonyl (C=O) groups excluding carboxylic acids is 2. The minimum Gasteiger partial charge on any atom is -0.435 e. The van der Waals surface area contributed by atoms with Crippen LogP contribution in [0.15, 0.2) is 24.3 Å². The topological polar surface area (TPSA) is 110 Å². The number of carbonyl (C=O) groups is 2. The summed E-state index contributed by atoms with van der Waals surface area (Å²) in [5.74, 6) is -1.58. The second-order valence-corrected chi connectivity index (χ2v) is 4.30. The number of aryl methyl sites for hydroxylation is 1. The van der Waals surface area contributed by atoms with Gasteiger partial charge in [-0.1, -0.05) is 6.07 Å². The monoisotopic (exact) mass is 310 g/mol. The molecule has 2 aromatic rings. The van der Waals surface area contributed by atoms with E-state index in [1.165, 1.54) is 18.2 Å². The first-order valence-electron chi connectivity index (χ1n) is 6.09. The first-order chi connectivity index (χ1) is 10.4. The van der Waals surface area contributed by atoms with Gasteiger partial charge in [0, 0.05) is 5.56 Å². The van der Waals surface area contributed by atoms with E-state index in [0.717, 1.165) is 6.07 Å². The van der Waals surface area contributed by atoms with Gasteiger partial charge in [0.1, 0.15) is 5.75 Å². The molecule has 0 atom stereocenters. The third-order valence-corrected chi connectivity index (χ3v) is 2.74. The number of nitrogens with two attached hydrogens (primary N) is 1. The van der Waals surface area contributed by atoms with Crippen molar-refractivity contribution in [3.05, 3.63) is 41.2 Å². The van der Waals surface area contributed by atoms with Crippen LogP contribution in [0.3, 0.4) is 0 Å². The predicted octanol–water partition coefficient (Wildman–Crippen LogP) is 1.67. The van der Waals surface area contributed by atoms with Crippen LogP contribution >= 0.6 is 0 Å². The van der Waals surface area contributed by atoms with Crippen LogP contribution in [0.4, 0.5) is 14.5 Å². The van der Waals surface area contributed by atoms with Crippen LogP contribution in [0.1, 0.15) is 26.5 Å². The molecular weight excluding hydrogens is 298 g/mol. The number of benzene rings is 1. The Bertz CT molecular complexity index is 715. The van der Waals surface area contributed by atoms with E-state index in [-0.39, 0.29) is 22.7 Å². The molecule has 22 heavy (non-hydrogen) atoms. The van der Waals surface area contributed by atoms with Gasteiger partial charge in [-0.25, -0.2) is 0 Å². The summed E-state index contributed by atoms with van der Waals surface area (Å²) in [6, 6.07) is 5.25. The van der Waals surface area contributed by atoms with E-state index in [1.54, 1.807) is 6.92 Å². The Kier molecular flexibility index (Phi) is 4.35. The highest BCUT2D eigenvalue weighted by atomic mass is 19.3. The first kappa shape index (κ1) is 15.4. The minimum absolute atomic E-state index is 0.0779. The summed E-state index contributed by atoms with van der Waals surface area (Å²) in [6.45, 7) is -1.40. The normalized spacial score (nSPS) is 10.5. The van der Waals surface area contributed by atoms with E-state index in [2.05, 4.69) is 20.3 Å². The highest BCUT2D eigenvalue weighted by Crippen LogP contribution is 2.20. The summed E-state index contributed by atoms with van der Waals surface area (Å²) in [4.78, 5) is 23.3. The van der Waals surface area contributed by atoms with Gasteiger partial charge >= 0.3 is 6.61 Å². The highest BCUT2D eigenvalue weighted by Gasteiger charge is 2.18. The number of aromatic nitrogens is 2. The number of primary amides is 1.